The predicted octanol–water partition coefficient (Wildman–Crippen LogP) is 4.59. The van der Waals surface area contributed by atoms with Crippen LogP contribution in [0.15, 0.2) is 79.0 Å². The highest BCUT2D eigenvalue weighted by atomic mass is 15.2. The number of aromatic amines is 1. The zero-order valence-corrected chi connectivity index (χ0v) is 16.5. The van der Waals surface area contributed by atoms with E-state index >= 15 is 0 Å². The summed E-state index contributed by atoms with van der Waals surface area (Å²) in [6.07, 6.45) is 3.15. The van der Waals surface area contributed by atoms with Gasteiger partial charge in [0.25, 0.3) is 0 Å². The van der Waals surface area contributed by atoms with E-state index < -0.39 is 0 Å². The molecule has 0 aliphatic carbocycles. The molecular formula is C25H26N4. The van der Waals surface area contributed by atoms with Gasteiger partial charge in [-0.15, -0.1) is 0 Å². The summed E-state index contributed by atoms with van der Waals surface area (Å²) in [6, 6.07) is 26.2. The van der Waals surface area contributed by atoms with Gasteiger partial charge in [-0.25, -0.2) is 0 Å². The van der Waals surface area contributed by atoms with Crippen LogP contribution in [0.2, 0.25) is 0 Å². The van der Waals surface area contributed by atoms with Gasteiger partial charge in [0.2, 0.25) is 0 Å². The first-order valence-electron chi connectivity index (χ1n) is 10.4. The number of H-pyrrole nitrogens is 1. The second-order valence-electron chi connectivity index (χ2n) is 7.88. The Balaban J connectivity index is 1.26. The zero-order chi connectivity index (χ0) is 19.5. The van der Waals surface area contributed by atoms with E-state index in [0.717, 1.165) is 31.9 Å². The van der Waals surface area contributed by atoms with Crippen molar-refractivity contribution >= 4 is 10.8 Å². The van der Waals surface area contributed by atoms with Crippen molar-refractivity contribution in [3.05, 3.63) is 90.1 Å². The summed E-state index contributed by atoms with van der Waals surface area (Å²) in [5, 5.41) is 13.8. The molecule has 29 heavy (non-hydrogen) atoms. The quantitative estimate of drug-likeness (QED) is 0.512. The molecule has 1 atom stereocenters. The summed E-state index contributed by atoms with van der Waals surface area (Å²) in [5.41, 5.74) is 4.95. The van der Waals surface area contributed by atoms with Crippen molar-refractivity contribution < 1.29 is 0 Å². The van der Waals surface area contributed by atoms with Gasteiger partial charge in [-0.2, -0.15) is 5.10 Å². The van der Waals surface area contributed by atoms with E-state index in [1.165, 1.54) is 33.9 Å². The summed E-state index contributed by atoms with van der Waals surface area (Å²) in [5.74, 6) is 0. The normalized spacial score (nSPS) is 17.2. The lowest BCUT2D eigenvalue weighted by atomic mass is 10.00. The molecule has 4 heteroatoms. The molecule has 1 aromatic heterocycles. The molecule has 1 aliphatic heterocycles. The van der Waals surface area contributed by atoms with Crippen molar-refractivity contribution in [1.29, 1.82) is 0 Å². The van der Waals surface area contributed by atoms with Gasteiger partial charge in [0.15, 0.2) is 0 Å². The number of nitrogens with zero attached hydrogens (tertiary/aromatic N) is 2. The van der Waals surface area contributed by atoms with Crippen LogP contribution in [0.25, 0.3) is 22.0 Å². The molecule has 1 unspecified atom stereocenters. The molecule has 5 rings (SSSR count). The Labute approximate surface area is 171 Å². The van der Waals surface area contributed by atoms with E-state index in [4.69, 9.17) is 0 Å². The topological polar surface area (TPSA) is 44.0 Å². The third kappa shape index (κ3) is 3.95. The van der Waals surface area contributed by atoms with Crippen LogP contribution in [0, 0.1) is 0 Å². The van der Waals surface area contributed by atoms with Crippen LogP contribution in [0.3, 0.4) is 0 Å². The van der Waals surface area contributed by atoms with Crippen molar-refractivity contribution in [1.82, 2.24) is 20.4 Å². The summed E-state index contributed by atoms with van der Waals surface area (Å²) in [6.45, 7) is 4.11. The minimum atomic E-state index is 0.522. The number of hydrogen-bond donors (Lipinski definition) is 2. The Hall–Kier alpha value is -2.95. The molecule has 4 aromatic rings. The van der Waals surface area contributed by atoms with Crippen LogP contribution in [0.4, 0.5) is 0 Å². The molecule has 146 valence electrons. The van der Waals surface area contributed by atoms with Crippen LogP contribution in [-0.4, -0.2) is 34.2 Å². The first-order valence-corrected chi connectivity index (χ1v) is 10.4. The van der Waals surface area contributed by atoms with E-state index in [2.05, 4.69) is 93.2 Å². The minimum Gasteiger partial charge on any atom is -0.308 e. The van der Waals surface area contributed by atoms with Gasteiger partial charge >= 0.3 is 0 Å². The van der Waals surface area contributed by atoms with E-state index in [-0.39, 0.29) is 0 Å². The Morgan fingerprint density at radius 1 is 0.966 bits per heavy atom. The van der Waals surface area contributed by atoms with Gasteiger partial charge in [0.1, 0.15) is 0 Å². The second kappa shape index (κ2) is 8.19. The maximum absolute atomic E-state index is 4.35. The third-order valence-corrected chi connectivity index (χ3v) is 5.88. The van der Waals surface area contributed by atoms with Crippen LogP contribution >= 0.6 is 0 Å². The van der Waals surface area contributed by atoms with Crippen LogP contribution in [0.5, 0.6) is 0 Å². The fourth-order valence-corrected chi connectivity index (χ4v) is 4.36. The van der Waals surface area contributed by atoms with Crippen molar-refractivity contribution in [3.63, 3.8) is 0 Å². The summed E-state index contributed by atoms with van der Waals surface area (Å²) in [7, 11) is 0. The van der Waals surface area contributed by atoms with Gasteiger partial charge in [-0.05, 0) is 22.8 Å². The zero-order valence-electron chi connectivity index (χ0n) is 16.5. The number of fused-ring (bicyclic) bond motifs is 1. The molecule has 0 bridgehead atoms. The van der Waals surface area contributed by atoms with Gasteiger partial charge < -0.3 is 5.32 Å². The standard InChI is InChI=1S/C25H26N4/c1-2-7-19(8-3-1)17-29-14-13-22(18-29)26-15-21-16-27-28-25(21)24-12-6-10-20-9-4-5-11-23(20)24/h1-12,16,22,26H,13-15,17-18H2,(H,27,28). The highest BCUT2D eigenvalue weighted by Crippen LogP contribution is 2.29. The van der Waals surface area contributed by atoms with E-state index in [1.54, 1.807) is 0 Å². The van der Waals surface area contributed by atoms with Crippen molar-refractivity contribution in [2.24, 2.45) is 0 Å². The van der Waals surface area contributed by atoms with Gasteiger partial charge in [0, 0.05) is 43.3 Å². The largest absolute Gasteiger partial charge is 0.308 e. The highest BCUT2D eigenvalue weighted by molar-refractivity contribution is 5.96. The van der Waals surface area contributed by atoms with Crippen molar-refractivity contribution in [3.8, 4) is 11.3 Å². The number of rotatable bonds is 6. The number of nitrogens with one attached hydrogen (secondary N) is 2. The van der Waals surface area contributed by atoms with Gasteiger partial charge in [-0.1, -0.05) is 72.8 Å². The summed E-state index contributed by atoms with van der Waals surface area (Å²) < 4.78 is 0. The van der Waals surface area contributed by atoms with E-state index in [0.29, 0.717) is 6.04 Å². The molecule has 3 aromatic carbocycles. The number of likely N-dealkylation sites (tertiary alicyclic amines) is 1. The molecule has 0 saturated carbocycles. The Kier molecular flexibility index (Phi) is 5.11. The highest BCUT2D eigenvalue weighted by Gasteiger charge is 2.22. The molecule has 1 aliphatic rings. The molecule has 4 nitrogen and oxygen atoms in total. The first-order chi connectivity index (χ1) is 14.4. The van der Waals surface area contributed by atoms with E-state index in [9.17, 15) is 0 Å². The lowest BCUT2D eigenvalue weighted by molar-refractivity contribution is 0.320. The van der Waals surface area contributed by atoms with Crippen LogP contribution < -0.4 is 5.32 Å². The van der Waals surface area contributed by atoms with Crippen LogP contribution in [-0.2, 0) is 13.1 Å². The molecule has 1 fully saturated rings. The Morgan fingerprint density at radius 3 is 2.72 bits per heavy atom. The SMILES string of the molecule is c1ccc(CN2CCC(NCc3cn[nH]c3-c3cccc4ccccc34)C2)cc1. The van der Waals surface area contributed by atoms with E-state index in [1.807, 2.05) is 6.20 Å². The number of aromatic nitrogens is 2. The fourth-order valence-electron chi connectivity index (χ4n) is 4.36. The molecule has 0 spiro atoms. The molecular weight excluding hydrogens is 356 g/mol. The second-order valence-corrected chi connectivity index (χ2v) is 7.88. The third-order valence-electron chi connectivity index (χ3n) is 5.88. The Bertz CT molecular complexity index is 1080. The first kappa shape index (κ1) is 18.1. The Morgan fingerprint density at radius 2 is 1.79 bits per heavy atom. The molecule has 0 radical (unpaired) electrons. The van der Waals surface area contributed by atoms with Crippen molar-refractivity contribution in [2.75, 3.05) is 13.1 Å². The maximum atomic E-state index is 4.35. The molecule has 2 N–H and O–H groups in total. The average molecular weight is 383 g/mol. The monoisotopic (exact) mass is 382 g/mol. The average Bonchev–Trinajstić information content (AvgIpc) is 3.42. The fraction of sp³-hybridized carbons (Fsp3) is 0.240. The van der Waals surface area contributed by atoms with Gasteiger partial charge in [0.05, 0.1) is 11.9 Å². The molecule has 1 saturated heterocycles. The maximum Gasteiger partial charge on any atom is 0.0701 e. The van der Waals surface area contributed by atoms with Gasteiger partial charge in [-0.3, -0.25) is 10.00 Å². The summed E-state index contributed by atoms with van der Waals surface area (Å²) in [4.78, 5) is 2.54. The number of benzene rings is 3. The molecule has 0 amide bonds. The lowest BCUT2D eigenvalue weighted by Gasteiger charge is -2.17. The predicted molar refractivity (Wildman–Crippen MR) is 118 cm³/mol. The van der Waals surface area contributed by atoms with Crippen molar-refractivity contribution in [2.45, 2.75) is 25.6 Å². The minimum absolute atomic E-state index is 0.522. The lowest BCUT2D eigenvalue weighted by Crippen LogP contribution is -2.32. The van der Waals surface area contributed by atoms with Crippen LogP contribution in [0.1, 0.15) is 17.5 Å². The smallest absolute Gasteiger partial charge is 0.0701 e. The number of hydrogen-bond acceptors (Lipinski definition) is 3. The summed E-state index contributed by atoms with van der Waals surface area (Å²) >= 11 is 0. The molecule has 2 heterocycles.